The highest BCUT2D eigenvalue weighted by Crippen LogP contribution is 2.34. The van der Waals surface area contributed by atoms with Gasteiger partial charge in [-0.1, -0.05) is 30.7 Å². The van der Waals surface area contributed by atoms with Crippen molar-refractivity contribution in [2.75, 3.05) is 19.6 Å². The van der Waals surface area contributed by atoms with Crippen molar-refractivity contribution in [3.05, 3.63) is 34.9 Å². The third-order valence-electron chi connectivity index (χ3n) is 3.96. The summed E-state index contributed by atoms with van der Waals surface area (Å²) in [6, 6.07) is 8.57. The van der Waals surface area contributed by atoms with E-state index in [-0.39, 0.29) is 5.41 Å². The van der Waals surface area contributed by atoms with Crippen molar-refractivity contribution >= 4 is 11.6 Å². The molecule has 1 heterocycles. The van der Waals surface area contributed by atoms with Gasteiger partial charge in [-0.05, 0) is 49.5 Å². The number of nitrogens with zero attached hydrogens (tertiary/aromatic N) is 1. The molecule has 2 rings (SSSR count). The molecule has 0 radical (unpaired) electrons. The Balaban J connectivity index is 2.09. The van der Waals surface area contributed by atoms with Gasteiger partial charge >= 0.3 is 0 Å². The number of halogens is 1. The van der Waals surface area contributed by atoms with E-state index in [0.717, 1.165) is 24.7 Å². The largest absolute Gasteiger partial charge is 0.330 e. The second-order valence-corrected chi connectivity index (χ2v) is 5.90. The molecule has 0 aromatic heterocycles. The minimum absolute atomic E-state index is 0.285. The van der Waals surface area contributed by atoms with E-state index < -0.39 is 0 Å². The first kappa shape index (κ1) is 12.9. The molecule has 2 atom stereocenters. The van der Waals surface area contributed by atoms with Crippen LogP contribution in [0, 0.1) is 5.41 Å². The smallest absolute Gasteiger partial charge is 0.0409 e. The lowest BCUT2D eigenvalue weighted by Gasteiger charge is -2.27. The van der Waals surface area contributed by atoms with E-state index >= 15 is 0 Å². The summed E-state index contributed by atoms with van der Waals surface area (Å²) in [5, 5.41) is 0.815. The van der Waals surface area contributed by atoms with Crippen LogP contribution in [0.1, 0.15) is 31.9 Å². The molecular formula is C14H21ClN2. The monoisotopic (exact) mass is 252 g/mol. The molecule has 0 bridgehead atoms. The summed E-state index contributed by atoms with van der Waals surface area (Å²) in [6.45, 7) is 7.50. The van der Waals surface area contributed by atoms with Gasteiger partial charge < -0.3 is 5.73 Å². The van der Waals surface area contributed by atoms with Crippen molar-refractivity contribution in [1.82, 2.24) is 4.90 Å². The molecule has 1 fully saturated rings. The van der Waals surface area contributed by atoms with E-state index in [2.05, 4.69) is 30.9 Å². The molecular weight excluding hydrogens is 232 g/mol. The number of hydrogen-bond acceptors (Lipinski definition) is 2. The van der Waals surface area contributed by atoms with Crippen LogP contribution >= 0.6 is 11.6 Å². The third kappa shape index (κ3) is 2.82. The zero-order valence-electron chi connectivity index (χ0n) is 10.6. The molecule has 17 heavy (non-hydrogen) atoms. The lowest BCUT2D eigenvalue weighted by molar-refractivity contribution is 0.227. The molecule has 0 amide bonds. The molecule has 2 nitrogen and oxygen atoms in total. The average molecular weight is 253 g/mol. The highest BCUT2D eigenvalue weighted by Gasteiger charge is 2.34. The molecule has 94 valence electrons. The van der Waals surface area contributed by atoms with Gasteiger partial charge in [0.05, 0.1) is 0 Å². The van der Waals surface area contributed by atoms with Crippen molar-refractivity contribution in [2.45, 2.75) is 26.3 Å². The van der Waals surface area contributed by atoms with Crippen molar-refractivity contribution in [3.8, 4) is 0 Å². The van der Waals surface area contributed by atoms with Crippen LogP contribution in [0.3, 0.4) is 0 Å². The summed E-state index contributed by atoms with van der Waals surface area (Å²) < 4.78 is 0. The Labute approximate surface area is 109 Å². The van der Waals surface area contributed by atoms with Gasteiger partial charge in [-0.15, -0.1) is 0 Å². The summed E-state index contributed by atoms with van der Waals surface area (Å²) in [6.07, 6.45) is 1.19. The number of likely N-dealkylation sites (tertiary alicyclic amines) is 1. The van der Waals surface area contributed by atoms with E-state index in [9.17, 15) is 0 Å². The molecule has 0 aliphatic carbocycles. The topological polar surface area (TPSA) is 29.3 Å². The standard InChI is InChI=1S/C14H21ClN2/c1-11(12-4-3-5-13(15)8-12)17-7-6-14(2,9-16)10-17/h3-5,8,11H,6-7,9-10,16H2,1-2H3. The number of hydrogen-bond donors (Lipinski definition) is 1. The van der Waals surface area contributed by atoms with Crippen molar-refractivity contribution in [3.63, 3.8) is 0 Å². The molecule has 3 heteroatoms. The molecule has 2 N–H and O–H groups in total. The predicted molar refractivity (Wildman–Crippen MR) is 73.2 cm³/mol. The van der Waals surface area contributed by atoms with E-state index in [0.29, 0.717) is 6.04 Å². The molecule has 1 aromatic rings. The summed E-state index contributed by atoms with van der Waals surface area (Å²) in [7, 11) is 0. The zero-order chi connectivity index (χ0) is 12.5. The van der Waals surface area contributed by atoms with Gasteiger partial charge in [0.15, 0.2) is 0 Å². The van der Waals surface area contributed by atoms with Crippen LogP contribution < -0.4 is 5.73 Å². The SMILES string of the molecule is CC(c1cccc(Cl)c1)N1CCC(C)(CN)C1. The van der Waals surface area contributed by atoms with E-state index in [4.69, 9.17) is 17.3 Å². The fourth-order valence-corrected chi connectivity index (χ4v) is 2.74. The van der Waals surface area contributed by atoms with E-state index in [1.165, 1.54) is 12.0 Å². The maximum atomic E-state index is 6.04. The summed E-state index contributed by atoms with van der Waals surface area (Å²) in [5.74, 6) is 0. The number of nitrogens with two attached hydrogens (primary N) is 1. The van der Waals surface area contributed by atoms with E-state index in [1.54, 1.807) is 0 Å². The second-order valence-electron chi connectivity index (χ2n) is 5.47. The summed E-state index contributed by atoms with van der Waals surface area (Å²) >= 11 is 6.04. The van der Waals surface area contributed by atoms with Crippen LogP contribution in [-0.2, 0) is 0 Å². The van der Waals surface area contributed by atoms with Gasteiger partial charge in [0, 0.05) is 17.6 Å². The number of rotatable bonds is 3. The number of benzene rings is 1. The quantitative estimate of drug-likeness (QED) is 0.896. The van der Waals surface area contributed by atoms with Gasteiger partial charge in [0.2, 0.25) is 0 Å². The minimum atomic E-state index is 0.285. The van der Waals surface area contributed by atoms with Crippen LogP contribution in [0.25, 0.3) is 0 Å². The van der Waals surface area contributed by atoms with Gasteiger partial charge in [0.25, 0.3) is 0 Å². The summed E-state index contributed by atoms with van der Waals surface area (Å²) in [4.78, 5) is 2.50. The molecule has 2 unspecified atom stereocenters. The minimum Gasteiger partial charge on any atom is -0.330 e. The van der Waals surface area contributed by atoms with Gasteiger partial charge in [-0.2, -0.15) is 0 Å². The Morgan fingerprint density at radius 2 is 2.29 bits per heavy atom. The second kappa shape index (κ2) is 4.97. The molecule has 1 aliphatic rings. The summed E-state index contributed by atoms with van der Waals surface area (Å²) in [5.41, 5.74) is 7.42. The molecule has 0 saturated carbocycles. The molecule has 1 saturated heterocycles. The lowest BCUT2D eigenvalue weighted by Crippen LogP contribution is -2.32. The molecule has 0 spiro atoms. The Hall–Kier alpha value is -0.570. The van der Waals surface area contributed by atoms with Crippen LogP contribution in [0.15, 0.2) is 24.3 Å². The van der Waals surface area contributed by atoms with Crippen LogP contribution in [0.5, 0.6) is 0 Å². The average Bonchev–Trinajstić information content (AvgIpc) is 2.72. The Morgan fingerprint density at radius 1 is 1.53 bits per heavy atom. The Bertz CT molecular complexity index is 394. The fraction of sp³-hybridized carbons (Fsp3) is 0.571. The normalized spacial score (nSPS) is 27.3. The van der Waals surface area contributed by atoms with Crippen molar-refractivity contribution in [2.24, 2.45) is 11.1 Å². The molecule has 1 aromatic carbocycles. The maximum Gasteiger partial charge on any atom is 0.0409 e. The van der Waals surface area contributed by atoms with Crippen molar-refractivity contribution < 1.29 is 0 Å². The van der Waals surface area contributed by atoms with Crippen LogP contribution in [0.4, 0.5) is 0 Å². The maximum absolute atomic E-state index is 6.04. The van der Waals surface area contributed by atoms with Crippen LogP contribution in [0.2, 0.25) is 5.02 Å². The first-order valence-corrected chi connectivity index (χ1v) is 6.61. The predicted octanol–water partition coefficient (Wildman–Crippen LogP) is 3.07. The highest BCUT2D eigenvalue weighted by atomic mass is 35.5. The zero-order valence-corrected chi connectivity index (χ0v) is 11.4. The van der Waals surface area contributed by atoms with Gasteiger partial charge in [0.1, 0.15) is 0 Å². The third-order valence-corrected chi connectivity index (χ3v) is 4.19. The molecule has 1 aliphatic heterocycles. The van der Waals surface area contributed by atoms with Gasteiger partial charge in [-0.25, -0.2) is 0 Å². The lowest BCUT2D eigenvalue weighted by atomic mass is 9.90. The first-order valence-electron chi connectivity index (χ1n) is 6.24. The Kier molecular flexibility index (Phi) is 3.76. The Morgan fingerprint density at radius 3 is 2.88 bits per heavy atom. The van der Waals surface area contributed by atoms with Gasteiger partial charge in [-0.3, -0.25) is 4.90 Å². The fourth-order valence-electron chi connectivity index (χ4n) is 2.54. The van der Waals surface area contributed by atoms with Crippen LogP contribution in [-0.4, -0.2) is 24.5 Å². The van der Waals surface area contributed by atoms with E-state index in [1.807, 2.05) is 12.1 Å². The first-order chi connectivity index (χ1) is 8.04. The van der Waals surface area contributed by atoms with Crippen molar-refractivity contribution in [1.29, 1.82) is 0 Å². The highest BCUT2D eigenvalue weighted by molar-refractivity contribution is 6.30.